The third-order valence-electron chi connectivity index (χ3n) is 5.65. The first kappa shape index (κ1) is 20.8. The SMILES string of the molecule is O=C(Cc1cccc(C(F)(F)F)c1)Nc1ccccc1-c1cccc2c1[nH]c1ccccc12. The third-order valence-corrected chi connectivity index (χ3v) is 5.65. The van der Waals surface area contributed by atoms with Crippen LogP contribution in [0.2, 0.25) is 0 Å². The van der Waals surface area contributed by atoms with Crippen molar-refractivity contribution in [1.82, 2.24) is 4.98 Å². The number of rotatable bonds is 4. The minimum Gasteiger partial charge on any atom is -0.354 e. The number of amides is 1. The van der Waals surface area contributed by atoms with Gasteiger partial charge in [-0.2, -0.15) is 13.2 Å². The van der Waals surface area contributed by atoms with Crippen molar-refractivity contribution in [3.63, 3.8) is 0 Å². The predicted octanol–water partition coefficient (Wildman–Crippen LogP) is 7.19. The number of para-hydroxylation sites is 3. The van der Waals surface area contributed by atoms with Gasteiger partial charge in [0.25, 0.3) is 0 Å². The van der Waals surface area contributed by atoms with Crippen molar-refractivity contribution in [1.29, 1.82) is 0 Å². The molecule has 1 amide bonds. The molecular formula is C27H19F3N2O. The number of carbonyl (C=O) groups excluding carboxylic acids is 1. The Kier molecular flexibility index (Phi) is 5.13. The summed E-state index contributed by atoms with van der Waals surface area (Å²) in [6, 6.07) is 26.3. The summed E-state index contributed by atoms with van der Waals surface area (Å²) in [5, 5.41) is 5.07. The number of nitrogens with one attached hydrogen (secondary N) is 2. The Labute approximate surface area is 187 Å². The van der Waals surface area contributed by atoms with E-state index in [2.05, 4.69) is 16.4 Å². The molecule has 33 heavy (non-hydrogen) atoms. The predicted molar refractivity (Wildman–Crippen MR) is 125 cm³/mol. The molecule has 0 unspecified atom stereocenters. The topological polar surface area (TPSA) is 44.9 Å². The quantitative estimate of drug-likeness (QED) is 0.303. The molecule has 1 heterocycles. The van der Waals surface area contributed by atoms with Gasteiger partial charge in [-0.25, -0.2) is 0 Å². The van der Waals surface area contributed by atoms with Gasteiger partial charge in [-0.05, 0) is 23.8 Å². The Hall–Kier alpha value is -4.06. The molecule has 0 aliphatic carbocycles. The van der Waals surface area contributed by atoms with Gasteiger partial charge < -0.3 is 10.3 Å². The monoisotopic (exact) mass is 444 g/mol. The first-order chi connectivity index (χ1) is 15.9. The van der Waals surface area contributed by atoms with Crippen molar-refractivity contribution in [2.45, 2.75) is 12.6 Å². The van der Waals surface area contributed by atoms with E-state index in [1.165, 1.54) is 12.1 Å². The normalized spacial score (nSPS) is 11.7. The number of benzene rings is 4. The van der Waals surface area contributed by atoms with E-state index in [9.17, 15) is 18.0 Å². The van der Waals surface area contributed by atoms with E-state index in [1.54, 1.807) is 6.07 Å². The number of fused-ring (bicyclic) bond motifs is 3. The summed E-state index contributed by atoms with van der Waals surface area (Å²) in [6.45, 7) is 0. The maximum atomic E-state index is 13.0. The minimum atomic E-state index is -4.45. The molecule has 0 aliphatic heterocycles. The largest absolute Gasteiger partial charge is 0.416 e. The van der Waals surface area contributed by atoms with Crippen LogP contribution >= 0.6 is 0 Å². The summed E-state index contributed by atoms with van der Waals surface area (Å²) in [7, 11) is 0. The number of anilines is 1. The molecule has 1 aromatic heterocycles. The summed E-state index contributed by atoms with van der Waals surface area (Å²) in [5.41, 5.74) is 3.87. The molecule has 0 atom stereocenters. The van der Waals surface area contributed by atoms with E-state index in [4.69, 9.17) is 0 Å². The molecule has 0 saturated heterocycles. The van der Waals surface area contributed by atoms with Crippen LogP contribution in [0.5, 0.6) is 0 Å². The van der Waals surface area contributed by atoms with Gasteiger partial charge in [-0.3, -0.25) is 4.79 Å². The number of aromatic nitrogens is 1. The van der Waals surface area contributed by atoms with Crippen molar-refractivity contribution in [2.75, 3.05) is 5.32 Å². The van der Waals surface area contributed by atoms with Gasteiger partial charge in [-0.1, -0.05) is 72.8 Å². The zero-order valence-electron chi connectivity index (χ0n) is 17.4. The number of aromatic amines is 1. The molecular weight excluding hydrogens is 425 g/mol. The fourth-order valence-electron chi connectivity index (χ4n) is 4.16. The van der Waals surface area contributed by atoms with Gasteiger partial charge >= 0.3 is 6.18 Å². The lowest BCUT2D eigenvalue weighted by Gasteiger charge is -2.13. The van der Waals surface area contributed by atoms with E-state index in [-0.39, 0.29) is 12.3 Å². The zero-order chi connectivity index (χ0) is 23.0. The molecule has 0 saturated carbocycles. The fraction of sp³-hybridized carbons (Fsp3) is 0.0741. The Morgan fingerprint density at radius 3 is 2.33 bits per heavy atom. The zero-order valence-corrected chi connectivity index (χ0v) is 17.4. The summed E-state index contributed by atoms with van der Waals surface area (Å²) in [5.74, 6) is -0.384. The standard InChI is InChI=1S/C27H19F3N2O/c28-27(29,30)18-8-5-7-17(15-18)16-25(33)31-23-13-3-1-9-19(23)21-11-6-12-22-20-10-2-4-14-24(20)32-26(21)22/h1-15,32H,16H2,(H,31,33). The molecule has 0 spiro atoms. The van der Waals surface area contributed by atoms with Crippen LogP contribution < -0.4 is 5.32 Å². The number of carbonyl (C=O) groups is 1. The van der Waals surface area contributed by atoms with Crippen molar-refractivity contribution >= 4 is 33.4 Å². The second kappa shape index (κ2) is 8.13. The molecule has 3 nitrogen and oxygen atoms in total. The molecule has 5 aromatic rings. The maximum Gasteiger partial charge on any atom is 0.416 e. The van der Waals surface area contributed by atoms with E-state index in [0.29, 0.717) is 11.3 Å². The van der Waals surface area contributed by atoms with Crippen molar-refractivity contribution in [3.05, 3.63) is 102 Å². The van der Waals surface area contributed by atoms with E-state index in [1.807, 2.05) is 54.6 Å². The van der Waals surface area contributed by atoms with Crippen LogP contribution in [0.15, 0.2) is 91.0 Å². The molecule has 4 aromatic carbocycles. The lowest BCUT2D eigenvalue weighted by Crippen LogP contribution is -2.15. The van der Waals surface area contributed by atoms with Crippen LogP contribution in [-0.4, -0.2) is 10.9 Å². The average Bonchev–Trinajstić information content (AvgIpc) is 3.18. The van der Waals surface area contributed by atoms with Crippen molar-refractivity contribution in [3.8, 4) is 11.1 Å². The van der Waals surface area contributed by atoms with E-state index < -0.39 is 11.7 Å². The van der Waals surface area contributed by atoms with Crippen LogP contribution in [0.4, 0.5) is 18.9 Å². The Morgan fingerprint density at radius 2 is 1.48 bits per heavy atom. The highest BCUT2D eigenvalue weighted by atomic mass is 19.4. The summed E-state index contributed by atoms with van der Waals surface area (Å²) < 4.78 is 39.0. The van der Waals surface area contributed by atoms with Gasteiger partial charge in [0, 0.05) is 33.1 Å². The summed E-state index contributed by atoms with van der Waals surface area (Å²) >= 11 is 0. The fourth-order valence-corrected chi connectivity index (χ4v) is 4.16. The number of hydrogen-bond donors (Lipinski definition) is 2. The number of halogens is 3. The van der Waals surface area contributed by atoms with Gasteiger partial charge in [0.1, 0.15) is 0 Å². The van der Waals surface area contributed by atoms with Crippen LogP contribution in [0, 0.1) is 0 Å². The lowest BCUT2D eigenvalue weighted by atomic mass is 10.00. The lowest BCUT2D eigenvalue weighted by molar-refractivity contribution is -0.137. The van der Waals surface area contributed by atoms with E-state index in [0.717, 1.165) is 45.1 Å². The molecule has 0 bridgehead atoms. The summed E-state index contributed by atoms with van der Waals surface area (Å²) in [4.78, 5) is 16.2. The summed E-state index contributed by atoms with van der Waals surface area (Å²) in [6.07, 6.45) is -4.60. The highest BCUT2D eigenvalue weighted by Gasteiger charge is 2.30. The van der Waals surface area contributed by atoms with Crippen LogP contribution in [-0.2, 0) is 17.4 Å². The molecule has 0 radical (unpaired) electrons. The molecule has 2 N–H and O–H groups in total. The van der Waals surface area contributed by atoms with Crippen molar-refractivity contribution in [2.24, 2.45) is 0 Å². The van der Waals surface area contributed by atoms with Gasteiger partial charge in [0.2, 0.25) is 5.91 Å². The Morgan fingerprint density at radius 1 is 0.788 bits per heavy atom. The van der Waals surface area contributed by atoms with E-state index >= 15 is 0 Å². The van der Waals surface area contributed by atoms with Crippen LogP contribution in [0.25, 0.3) is 32.9 Å². The Balaban J connectivity index is 1.48. The third kappa shape index (κ3) is 4.07. The highest BCUT2D eigenvalue weighted by molar-refractivity contribution is 6.13. The molecule has 0 aliphatic rings. The smallest absolute Gasteiger partial charge is 0.354 e. The van der Waals surface area contributed by atoms with Gasteiger partial charge in [-0.15, -0.1) is 0 Å². The van der Waals surface area contributed by atoms with Gasteiger partial charge in [0.15, 0.2) is 0 Å². The Bertz CT molecular complexity index is 1480. The number of hydrogen-bond acceptors (Lipinski definition) is 1. The average molecular weight is 444 g/mol. The number of H-pyrrole nitrogens is 1. The first-order valence-electron chi connectivity index (χ1n) is 10.4. The highest BCUT2D eigenvalue weighted by Crippen LogP contribution is 2.36. The maximum absolute atomic E-state index is 13.0. The molecule has 6 heteroatoms. The van der Waals surface area contributed by atoms with Crippen LogP contribution in [0.1, 0.15) is 11.1 Å². The van der Waals surface area contributed by atoms with Crippen molar-refractivity contribution < 1.29 is 18.0 Å². The van der Waals surface area contributed by atoms with Gasteiger partial charge in [0.05, 0.1) is 17.5 Å². The van der Waals surface area contributed by atoms with Crippen LogP contribution in [0.3, 0.4) is 0 Å². The first-order valence-corrected chi connectivity index (χ1v) is 10.4. The molecule has 0 fully saturated rings. The molecule has 5 rings (SSSR count). The molecule has 164 valence electrons. The number of alkyl halides is 3. The second-order valence-corrected chi connectivity index (χ2v) is 7.87. The second-order valence-electron chi connectivity index (χ2n) is 7.87. The minimum absolute atomic E-state index is 0.158.